The fourth-order valence-corrected chi connectivity index (χ4v) is 3.64. The summed E-state index contributed by atoms with van der Waals surface area (Å²) in [6, 6.07) is 13.5. The smallest absolute Gasteiger partial charge is 0.331 e. The molecule has 0 radical (unpaired) electrons. The van der Waals surface area contributed by atoms with E-state index in [9.17, 15) is 4.79 Å². The van der Waals surface area contributed by atoms with Crippen molar-refractivity contribution >= 4 is 23.4 Å². The van der Waals surface area contributed by atoms with Gasteiger partial charge in [0.15, 0.2) is 11.5 Å². The molecule has 0 saturated heterocycles. The maximum Gasteiger partial charge on any atom is 0.331 e. The van der Waals surface area contributed by atoms with Crippen molar-refractivity contribution in [2.24, 2.45) is 0 Å². The first-order chi connectivity index (χ1) is 14.2. The van der Waals surface area contributed by atoms with E-state index in [-0.39, 0.29) is 6.61 Å². The molecule has 0 N–H and O–H groups in total. The van der Waals surface area contributed by atoms with Gasteiger partial charge in [0.25, 0.3) is 0 Å². The van der Waals surface area contributed by atoms with Gasteiger partial charge in [0.05, 0.1) is 12.8 Å². The predicted octanol–water partition coefficient (Wildman–Crippen LogP) is 4.35. The van der Waals surface area contributed by atoms with Crippen LogP contribution in [0.2, 0.25) is 0 Å². The molecule has 1 aromatic heterocycles. The van der Waals surface area contributed by atoms with E-state index in [0.717, 1.165) is 21.8 Å². The van der Waals surface area contributed by atoms with E-state index in [2.05, 4.69) is 4.98 Å². The van der Waals surface area contributed by atoms with Gasteiger partial charge in [-0.2, -0.15) is 0 Å². The molecule has 0 unspecified atom stereocenters. The van der Waals surface area contributed by atoms with Crippen LogP contribution in [0, 0.1) is 0 Å². The highest BCUT2D eigenvalue weighted by Gasteiger charge is 2.17. The molecule has 4 rings (SSSR count). The third kappa shape index (κ3) is 4.57. The fraction of sp³-hybridized carbons (Fsp3) is 0.182. The standard InChI is InChI=1S/C22H19NO5S/c1-25-18-11-15(12-19-21(18)27-10-9-26-19)7-8-20(24)28-13-17-14-29-22(23-17)16-5-3-2-4-6-16/h2-8,11-12,14H,9-10,13H2,1H3/b8-7+. The zero-order valence-corrected chi connectivity index (χ0v) is 16.6. The van der Waals surface area contributed by atoms with E-state index in [0.29, 0.717) is 30.5 Å². The van der Waals surface area contributed by atoms with Crippen molar-refractivity contribution in [1.29, 1.82) is 0 Å². The van der Waals surface area contributed by atoms with Crippen LogP contribution in [0.5, 0.6) is 17.2 Å². The largest absolute Gasteiger partial charge is 0.493 e. The SMILES string of the molecule is COc1cc(/C=C/C(=O)OCc2csc(-c3ccccc3)n2)cc2c1OCCO2. The molecule has 0 spiro atoms. The molecule has 0 bridgehead atoms. The number of methoxy groups -OCH3 is 1. The first-order valence-electron chi connectivity index (χ1n) is 9.05. The Morgan fingerprint density at radius 3 is 2.86 bits per heavy atom. The van der Waals surface area contributed by atoms with Crippen LogP contribution < -0.4 is 14.2 Å². The van der Waals surface area contributed by atoms with E-state index < -0.39 is 5.97 Å². The number of hydrogen-bond acceptors (Lipinski definition) is 7. The Morgan fingerprint density at radius 2 is 2.03 bits per heavy atom. The first-order valence-corrected chi connectivity index (χ1v) is 9.93. The van der Waals surface area contributed by atoms with E-state index in [4.69, 9.17) is 18.9 Å². The van der Waals surface area contributed by atoms with Crippen molar-refractivity contribution in [2.75, 3.05) is 20.3 Å². The number of aromatic nitrogens is 1. The zero-order valence-electron chi connectivity index (χ0n) is 15.8. The molecule has 1 aliphatic heterocycles. The fourth-order valence-electron chi connectivity index (χ4n) is 2.83. The third-order valence-electron chi connectivity index (χ3n) is 4.20. The number of thiazole rings is 1. The van der Waals surface area contributed by atoms with Gasteiger partial charge in [-0.25, -0.2) is 9.78 Å². The lowest BCUT2D eigenvalue weighted by atomic mass is 10.1. The van der Waals surface area contributed by atoms with Gasteiger partial charge in [-0.05, 0) is 23.8 Å². The van der Waals surface area contributed by atoms with Crippen LogP contribution in [0.15, 0.2) is 53.9 Å². The molecular formula is C22H19NO5S. The lowest BCUT2D eigenvalue weighted by Crippen LogP contribution is -2.16. The summed E-state index contributed by atoms with van der Waals surface area (Å²) < 4.78 is 21.8. The lowest BCUT2D eigenvalue weighted by Gasteiger charge is -2.20. The van der Waals surface area contributed by atoms with Crippen LogP contribution in [0.1, 0.15) is 11.3 Å². The van der Waals surface area contributed by atoms with Crippen molar-refractivity contribution in [3.8, 4) is 27.8 Å². The van der Waals surface area contributed by atoms with Crippen LogP contribution in [-0.2, 0) is 16.1 Å². The van der Waals surface area contributed by atoms with Crippen LogP contribution in [0.3, 0.4) is 0 Å². The van der Waals surface area contributed by atoms with Crippen molar-refractivity contribution in [3.63, 3.8) is 0 Å². The molecule has 0 amide bonds. The topological polar surface area (TPSA) is 66.9 Å². The number of ether oxygens (including phenoxy) is 4. The summed E-state index contributed by atoms with van der Waals surface area (Å²) in [5.41, 5.74) is 2.52. The Balaban J connectivity index is 1.38. The Morgan fingerprint density at radius 1 is 1.21 bits per heavy atom. The van der Waals surface area contributed by atoms with Gasteiger partial charge in [0, 0.05) is 17.0 Å². The molecular weight excluding hydrogens is 390 g/mol. The second kappa shape index (κ2) is 8.79. The van der Waals surface area contributed by atoms with Crippen molar-refractivity contribution in [1.82, 2.24) is 4.98 Å². The maximum absolute atomic E-state index is 12.1. The summed E-state index contributed by atoms with van der Waals surface area (Å²) in [6.45, 7) is 1.08. The molecule has 0 aliphatic carbocycles. The number of esters is 1. The van der Waals surface area contributed by atoms with Crippen LogP contribution in [0.25, 0.3) is 16.6 Å². The highest BCUT2D eigenvalue weighted by atomic mass is 32.1. The first kappa shape index (κ1) is 19.0. The normalized spacial score (nSPS) is 12.7. The number of carbonyl (C=O) groups is 1. The number of hydrogen-bond donors (Lipinski definition) is 0. The monoisotopic (exact) mass is 409 g/mol. The van der Waals surface area contributed by atoms with Gasteiger partial charge in [0.2, 0.25) is 5.75 Å². The zero-order chi connectivity index (χ0) is 20.1. The van der Waals surface area contributed by atoms with Gasteiger partial charge >= 0.3 is 5.97 Å². The van der Waals surface area contributed by atoms with Gasteiger partial charge < -0.3 is 18.9 Å². The molecule has 148 valence electrons. The Hall–Kier alpha value is -3.32. The van der Waals surface area contributed by atoms with Crippen LogP contribution in [0.4, 0.5) is 0 Å². The van der Waals surface area contributed by atoms with Crippen LogP contribution in [-0.4, -0.2) is 31.3 Å². The number of benzene rings is 2. The second-order valence-electron chi connectivity index (χ2n) is 6.20. The van der Waals surface area contributed by atoms with E-state index >= 15 is 0 Å². The number of fused-ring (bicyclic) bond motifs is 1. The number of nitrogens with zero attached hydrogens (tertiary/aromatic N) is 1. The van der Waals surface area contributed by atoms with E-state index in [1.807, 2.05) is 35.7 Å². The van der Waals surface area contributed by atoms with E-state index in [1.54, 1.807) is 25.3 Å². The molecule has 6 nitrogen and oxygen atoms in total. The lowest BCUT2D eigenvalue weighted by molar-refractivity contribution is -0.139. The number of rotatable bonds is 6. The Bertz CT molecular complexity index is 1010. The molecule has 7 heteroatoms. The molecule has 2 aromatic carbocycles. The minimum absolute atomic E-state index is 0.122. The average molecular weight is 409 g/mol. The minimum atomic E-state index is -0.451. The van der Waals surface area contributed by atoms with Gasteiger partial charge in [-0.3, -0.25) is 0 Å². The molecule has 0 fully saturated rings. The Labute approximate surface area is 172 Å². The maximum atomic E-state index is 12.1. The summed E-state index contributed by atoms with van der Waals surface area (Å²) >= 11 is 1.52. The molecule has 0 saturated carbocycles. The molecule has 2 heterocycles. The second-order valence-corrected chi connectivity index (χ2v) is 7.06. The summed E-state index contributed by atoms with van der Waals surface area (Å²) in [5, 5.41) is 2.79. The van der Waals surface area contributed by atoms with E-state index in [1.165, 1.54) is 17.4 Å². The minimum Gasteiger partial charge on any atom is -0.493 e. The van der Waals surface area contributed by atoms with Crippen molar-refractivity contribution < 1.29 is 23.7 Å². The van der Waals surface area contributed by atoms with Crippen molar-refractivity contribution in [2.45, 2.75) is 6.61 Å². The average Bonchev–Trinajstić information content (AvgIpc) is 3.25. The van der Waals surface area contributed by atoms with Gasteiger partial charge in [-0.15, -0.1) is 11.3 Å². The van der Waals surface area contributed by atoms with Gasteiger partial charge in [-0.1, -0.05) is 30.3 Å². The predicted molar refractivity (Wildman–Crippen MR) is 110 cm³/mol. The van der Waals surface area contributed by atoms with Crippen molar-refractivity contribution in [3.05, 3.63) is 65.2 Å². The molecule has 3 aromatic rings. The molecule has 0 atom stereocenters. The highest BCUT2D eigenvalue weighted by molar-refractivity contribution is 7.13. The quantitative estimate of drug-likeness (QED) is 0.446. The molecule has 29 heavy (non-hydrogen) atoms. The third-order valence-corrected chi connectivity index (χ3v) is 5.14. The summed E-state index contributed by atoms with van der Waals surface area (Å²) in [6.07, 6.45) is 3.02. The van der Waals surface area contributed by atoms with Crippen LogP contribution >= 0.6 is 11.3 Å². The summed E-state index contributed by atoms with van der Waals surface area (Å²) in [4.78, 5) is 16.6. The number of carbonyl (C=O) groups excluding carboxylic acids is 1. The molecule has 1 aliphatic rings. The highest BCUT2D eigenvalue weighted by Crippen LogP contribution is 2.40. The summed E-state index contributed by atoms with van der Waals surface area (Å²) in [5.74, 6) is 1.29. The summed E-state index contributed by atoms with van der Waals surface area (Å²) in [7, 11) is 1.56. The van der Waals surface area contributed by atoms with Gasteiger partial charge in [0.1, 0.15) is 24.8 Å². The Kier molecular flexibility index (Phi) is 5.76.